The van der Waals surface area contributed by atoms with Gasteiger partial charge in [-0.2, -0.15) is 0 Å². The first kappa shape index (κ1) is 18.6. The number of aromatic nitrogens is 1. The zero-order chi connectivity index (χ0) is 19.6. The quantitative estimate of drug-likeness (QED) is 0.320. The molecule has 0 bridgehead atoms. The number of benzene rings is 2. The van der Waals surface area contributed by atoms with Crippen molar-refractivity contribution in [1.82, 2.24) is 4.98 Å². The second-order valence-electron chi connectivity index (χ2n) is 6.53. The fraction of sp³-hybridized carbons (Fsp3) is 0.158. The van der Waals surface area contributed by atoms with Gasteiger partial charge in [-0.25, -0.2) is 4.39 Å². The van der Waals surface area contributed by atoms with E-state index in [4.69, 9.17) is 4.74 Å². The van der Waals surface area contributed by atoms with Gasteiger partial charge in [-0.1, -0.05) is 51.2 Å². The summed E-state index contributed by atoms with van der Waals surface area (Å²) < 4.78 is 20.7. The Morgan fingerprint density at radius 1 is 1.11 bits per heavy atom. The highest BCUT2D eigenvalue weighted by Crippen LogP contribution is 2.59. The van der Waals surface area contributed by atoms with Crippen molar-refractivity contribution in [3.63, 3.8) is 0 Å². The van der Waals surface area contributed by atoms with Crippen molar-refractivity contribution in [2.45, 2.75) is 16.2 Å². The highest BCUT2D eigenvalue weighted by atomic mass is 79.9. The number of hydrogen-bond acceptors (Lipinski definition) is 5. The molecule has 0 saturated heterocycles. The summed E-state index contributed by atoms with van der Waals surface area (Å²) in [5.41, 5.74) is 1.66. The Labute approximate surface area is 183 Å². The first-order valence-corrected chi connectivity index (χ1v) is 11.6. The van der Waals surface area contributed by atoms with Crippen molar-refractivity contribution in [3.05, 3.63) is 76.8 Å². The Balaban J connectivity index is 1.75. The van der Waals surface area contributed by atoms with Gasteiger partial charge >= 0.3 is 10.8 Å². The van der Waals surface area contributed by atoms with Crippen LogP contribution in [0.1, 0.15) is 27.2 Å². The van der Waals surface area contributed by atoms with Crippen molar-refractivity contribution in [1.29, 1.82) is 0 Å². The zero-order valence-corrected chi connectivity index (χ0v) is 18.7. The van der Waals surface area contributed by atoms with Gasteiger partial charge in [0.05, 0.1) is 20.7 Å². The van der Waals surface area contributed by atoms with Crippen molar-refractivity contribution >= 4 is 60.9 Å². The van der Waals surface area contributed by atoms with Gasteiger partial charge in [0.15, 0.2) is 0 Å². The molecular formula is C19H10Br2FNO3S2. The van der Waals surface area contributed by atoms with Gasteiger partial charge in [0.25, 0.3) is 0 Å². The maximum absolute atomic E-state index is 13.4. The minimum Gasteiger partial charge on any atom is -0.425 e. The summed E-state index contributed by atoms with van der Waals surface area (Å²) in [5.74, 6) is -1.06. The normalized spacial score (nSPS) is 22.8. The summed E-state index contributed by atoms with van der Waals surface area (Å²) in [5, 5.41) is 0.448. The van der Waals surface area contributed by atoms with Crippen LogP contribution in [0.4, 0.5) is 4.39 Å². The van der Waals surface area contributed by atoms with Crippen molar-refractivity contribution < 1.29 is 13.9 Å². The van der Waals surface area contributed by atoms with Crippen LogP contribution in [0, 0.1) is 11.7 Å². The van der Waals surface area contributed by atoms with E-state index in [1.807, 2.05) is 12.1 Å². The summed E-state index contributed by atoms with van der Waals surface area (Å²) in [6, 6.07) is 9.87. The molecule has 0 unspecified atom stereocenters. The van der Waals surface area contributed by atoms with Gasteiger partial charge in [0.2, 0.25) is 0 Å². The number of carbonyl (C=O) groups excluding carboxylic acids is 1. The Hall–Kier alpha value is -1.42. The first-order valence-electron chi connectivity index (χ1n) is 8.28. The molecular weight excluding hydrogens is 533 g/mol. The molecule has 1 aromatic heterocycles. The largest absolute Gasteiger partial charge is 0.425 e. The third kappa shape index (κ3) is 2.91. The third-order valence-electron chi connectivity index (χ3n) is 4.90. The lowest BCUT2D eigenvalue weighted by molar-refractivity contribution is -0.141. The summed E-state index contributed by atoms with van der Waals surface area (Å²) in [4.78, 5) is 28.7. The molecule has 2 aromatic carbocycles. The number of fused-ring (bicyclic) bond motifs is 5. The van der Waals surface area contributed by atoms with Crippen LogP contribution in [0.5, 0.6) is 5.75 Å². The Bertz CT molecular complexity index is 1170. The highest BCUT2D eigenvalue weighted by Gasteiger charge is 2.50. The average molecular weight is 543 g/mol. The summed E-state index contributed by atoms with van der Waals surface area (Å²) in [7, 11) is 0. The molecule has 3 heterocycles. The molecule has 1 N–H and O–H groups in total. The molecule has 9 heteroatoms. The van der Waals surface area contributed by atoms with Gasteiger partial charge in [-0.15, -0.1) is 0 Å². The number of H-pyrrole nitrogens is 1. The predicted octanol–water partition coefficient (Wildman–Crippen LogP) is 5.61. The first-order chi connectivity index (χ1) is 13.4. The van der Waals surface area contributed by atoms with E-state index in [1.54, 1.807) is 12.1 Å². The van der Waals surface area contributed by atoms with Gasteiger partial charge in [0, 0.05) is 20.8 Å². The number of aromatic amines is 1. The molecule has 0 fully saturated rings. The van der Waals surface area contributed by atoms with E-state index in [-0.39, 0.29) is 27.8 Å². The van der Waals surface area contributed by atoms with Crippen LogP contribution in [0.25, 0.3) is 0 Å². The average Bonchev–Trinajstić information content (AvgIpc) is 3.02. The van der Waals surface area contributed by atoms with Crippen LogP contribution < -0.4 is 9.61 Å². The van der Waals surface area contributed by atoms with Crippen LogP contribution in [-0.2, 0) is 4.79 Å². The number of thioether (sulfide) groups is 1. The van der Waals surface area contributed by atoms with Crippen LogP contribution in [0.2, 0.25) is 0 Å². The fourth-order valence-corrected chi connectivity index (χ4v) is 7.69. The SMILES string of the molecule is O=C1Oc2c(Br)cc(Br)cc2[C@@H]2c3sc(=O)[nH]c3S[C@@H](c3ccc(F)cc3)[C@@H]12. The summed E-state index contributed by atoms with van der Waals surface area (Å²) in [6.07, 6.45) is 0. The van der Waals surface area contributed by atoms with Crippen LogP contribution in [-0.4, -0.2) is 11.0 Å². The molecule has 2 aliphatic heterocycles. The monoisotopic (exact) mass is 541 g/mol. The van der Waals surface area contributed by atoms with Gasteiger partial charge < -0.3 is 9.72 Å². The smallest absolute Gasteiger partial charge is 0.316 e. The van der Waals surface area contributed by atoms with Gasteiger partial charge in [0.1, 0.15) is 11.6 Å². The fourth-order valence-electron chi connectivity index (χ4n) is 3.77. The maximum atomic E-state index is 13.4. The van der Waals surface area contributed by atoms with Crippen molar-refractivity contribution in [2.24, 2.45) is 5.92 Å². The number of carbonyl (C=O) groups is 1. The number of thiazole rings is 1. The van der Waals surface area contributed by atoms with E-state index in [2.05, 4.69) is 36.8 Å². The highest BCUT2D eigenvalue weighted by molar-refractivity contribution is 9.11. The Morgan fingerprint density at radius 3 is 2.61 bits per heavy atom. The van der Waals surface area contributed by atoms with E-state index >= 15 is 0 Å². The number of ether oxygens (including phenoxy) is 1. The molecule has 2 aliphatic rings. The van der Waals surface area contributed by atoms with Crippen molar-refractivity contribution in [3.8, 4) is 5.75 Å². The second kappa shape index (κ2) is 6.83. The van der Waals surface area contributed by atoms with Crippen LogP contribution >= 0.6 is 55.0 Å². The lowest BCUT2D eigenvalue weighted by atomic mass is 9.78. The number of hydrogen-bond donors (Lipinski definition) is 1. The molecule has 142 valence electrons. The van der Waals surface area contributed by atoms with E-state index in [9.17, 15) is 14.0 Å². The minimum absolute atomic E-state index is 0.162. The van der Waals surface area contributed by atoms with Gasteiger partial charge in [-0.05, 0) is 45.8 Å². The lowest BCUT2D eigenvalue weighted by Gasteiger charge is -2.39. The van der Waals surface area contributed by atoms with Gasteiger partial charge in [-0.3, -0.25) is 9.59 Å². The third-order valence-corrected chi connectivity index (χ3v) is 8.42. The van der Waals surface area contributed by atoms with Crippen molar-refractivity contribution in [2.75, 3.05) is 0 Å². The van der Waals surface area contributed by atoms with E-state index < -0.39 is 5.92 Å². The maximum Gasteiger partial charge on any atom is 0.316 e. The molecule has 3 aromatic rings. The molecule has 0 radical (unpaired) electrons. The predicted molar refractivity (Wildman–Crippen MR) is 113 cm³/mol. The zero-order valence-electron chi connectivity index (χ0n) is 13.9. The lowest BCUT2D eigenvalue weighted by Crippen LogP contribution is -2.37. The molecule has 5 rings (SSSR count). The standard InChI is InChI=1S/C19H10Br2FNO3S2/c20-8-5-10-12-13(18(24)26-14(10)11(21)6-8)15(7-1-3-9(22)4-2-7)27-17-16(12)28-19(25)23-17/h1-6,12-13,15H,(H,23,25)/t12-,13-,15-/m0/s1. The molecule has 0 amide bonds. The van der Waals surface area contributed by atoms with Crippen LogP contribution in [0.3, 0.4) is 0 Å². The molecule has 0 spiro atoms. The number of nitrogens with one attached hydrogen (secondary N) is 1. The number of rotatable bonds is 1. The minimum atomic E-state index is -0.525. The molecule has 0 aliphatic carbocycles. The molecule has 0 saturated carbocycles. The van der Waals surface area contributed by atoms with E-state index in [1.165, 1.54) is 23.9 Å². The number of esters is 1. The molecule has 4 nitrogen and oxygen atoms in total. The summed E-state index contributed by atoms with van der Waals surface area (Å²) in [6.45, 7) is 0. The van der Waals surface area contributed by atoms with Crippen LogP contribution in [0.15, 0.2) is 55.2 Å². The Kier molecular flexibility index (Phi) is 4.53. The van der Waals surface area contributed by atoms with E-state index in [0.29, 0.717) is 10.2 Å². The molecule has 28 heavy (non-hydrogen) atoms. The molecule has 3 atom stereocenters. The number of halogens is 3. The topological polar surface area (TPSA) is 59.2 Å². The second-order valence-corrected chi connectivity index (χ2v) is 10.5. The van der Waals surface area contributed by atoms with E-state index in [0.717, 1.165) is 36.8 Å². The Morgan fingerprint density at radius 2 is 1.86 bits per heavy atom. The summed E-state index contributed by atoms with van der Waals surface area (Å²) >= 11 is 9.51.